The van der Waals surface area contributed by atoms with E-state index in [1.807, 2.05) is 18.2 Å². The van der Waals surface area contributed by atoms with Gasteiger partial charge in [0.2, 0.25) is 5.91 Å². The van der Waals surface area contributed by atoms with Crippen LogP contribution in [0.5, 0.6) is 11.5 Å². The van der Waals surface area contributed by atoms with Gasteiger partial charge in [0.1, 0.15) is 11.5 Å². The van der Waals surface area contributed by atoms with Crippen molar-refractivity contribution in [1.82, 2.24) is 0 Å². The smallest absolute Gasteiger partial charge is 0.262 e. The summed E-state index contributed by atoms with van der Waals surface area (Å²) >= 11 is 0. The fourth-order valence-corrected chi connectivity index (χ4v) is 3.09. The van der Waals surface area contributed by atoms with Gasteiger partial charge in [0.15, 0.2) is 12.4 Å². The first-order chi connectivity index (χ1) is 16.0. The highest BCUT2D eigenvalue weighted by molar-refractivity contribution is 5.97. The third-order valence-corrected chi connectivity index (χ3v) is 4.76. The van der Waals surface area contributed by atoms with Crippen molar-refractivity contribution in [3.8, 4) is 11.5 Å². The number of anilines is 2. The number of Topliss-reactive ketones (excluding diaryl/α,β-unsaturated/α-hetero) is 1. The fourth-order valence-electron chi connectivity index (χ4n) is 3.09. The number of amides is 2. The summed E-state index contributed by atoms with van der Waals surface area (Å²) in [6.45, 7) is -0.153. The minimum atomic E-state index is -0.280. The quantitative estimate of drug-likeness (QED) is 0.416. The number of hydrogen-bond acceptors (Lipinski definition) is 5. The van der Waals surface area contributed by atoms with E-state index >= 15 is 0 Å². The predicted molar refractivity (Wildman–Crippen MR) is 127 cm³/mol. The number of benzene rings is 3. The molecule has 3 aromatic rings. The van der Waals surface area contributed by atoms with Crippen LogP contribution in [-0.2, 0) is 9.59 Å². The minimum absolute atomic E-state index is 0.0189. The Balaban J connectivity index is 1.41. The van der Waals surface area contributed by atoms with Gasteiger partial charge in [-0.3, -0.25) is 14.4 Å². The average Bonchev–Trinajstić information content (AvgIpc) is 2.83. The Hall–Kier alpha value is -4.13. The number of hydrogen-bond donors (Lipinski definition) is 2. The monoisotopic (exact) mass is 446 g/mol. The zero-order valence-electron chi connectivity index (χ0n) is 18.4. The molecule has 0 aliphatic carbocycles. The van der Waals surface area contributed by atoms with Crippen molar-refractivity contribution in [2.75, 3.05) is 24.4 Å². The van der Waals surface area contributed by atoms with Crippen molar-refractivity contribution in [3.63, 3.8) is 0 Å². The summed E-state index contributed by atoms with van der Waals surface area (Å²) < 4.78 is 10.6. The predicted octanol–water partition coefficient (Wildman–Crippen LogP) is 4.70. The molecule has 2 amide bonds. The zero-order valence-corrected chi connectivity index (χ0v) is 18.4. The Kier molecular flexibility index (Phi) is 8.59. The summed E-state index contributed by atoms with van der Waals surface area (Å²) in [6, 6.07) is 22.8. The molecule has 0 radical (unpaired) electrons. The van der Waals surface area contributed by atoms with Crippen molar-refractivity contribution in [2.24, 2.45) is 0 Å². The standard InChI is InChI=1S/C26H26N2O5/c1-32-22-15-13-19(14-16-22)24(29)11-6-12-25(30)28-21-9-5-10-23(17-21)33-18-26(31)27-20-7-3-2-4-8-20/h2-5,7-10,13-17H,6,11-12,18H2,1H3,(H,27,31)(H,28,30). The van der Waals surface area contributed by atoms with E-state index in [4.69, 9.17) is 9.47 Å². The van der Waals surface area contributed by atoms with E-state index in [9.17, 15) is 14.4 Å². The van der Waals surface area contributed by atoms with Crippen LogP contribution in [-0.4, -0.2) is 31.3 Å². The van der Waals surface area contributed by atoms with E-state index in [1.54, 1.807) is 67.8 Å². The molecule has 0 aliphatic heterocycles. The number of rotatable bonds is 11. The lowest BCUT2D eigenvalue weighted by atomic mass is 10.1. The number of ether oxygens (including phenoxy) is 2. The lowest BCUT2D eigenvalue weighted by Crippen LogP contribution is -2.20. The Labute approximate surface area is 192 Å². The summed E-state index contributed by atoms with van der Waals surface area (Å²) in [4.78, 5) is 36.5. The minimum Gasteiger partial charge on any atom is -0.497 e. The van der Waals surface area contributed by atoms with Gasteiger partial charge < -0.3 is 20.1 Å². The molecule has 7 nitrogen and oxygen atoms in total. The van der Waals surface area contributed by atoms with Crippen LogP contribution in [0.2, 0.25) is 0 Å². The van der Waals surface area contributed by atoms with Crippen LogP contribution in [0.4, 0.5) is 11.4 Å². The first-order valence-electron chi connectivity index (χ1n) is 10.6. The molecule has 0 spiro atoms. The molecule has 170 valence electrons. The van der Waals surface area contributed by atoms with Gasteiger partial charge in [-0.1, -0.05) is 24.3 Å². The van der Waals surface area contributed by atoms with Crippen molar-refractivity contribution in [2.45, 2.75) is 19.3 Å². The van der Waals surface area contributed by atoms with E-state index < -0.39 is 0 Å². The summed E-state index contributed by atoms with van der Waals surface area (Å²) in [6.07, 6.45) is 0.929. The highest BCUT2D eigenvalue weighted by atomic mass is 16.5. The van der Waals surface area contributed by atoms with Gasteiger partial charge in [0.25, 0.3) is 5.91 Å². The summed E-state index contributed by atoms with van der Waals surface area (Å²) in [5, 5.41) is 5.53. The van der Waals surface area contributed by atoms with E-state index in [0.29, 0.717) is 34.9 Å². The number of nitrogens with one attached hydrogen (secondary N) is 2. The van der Waals surface area contributed by atoms with Crippen molar-refractivity contribution in [3.05, 3.63) is 84.4 Å². The van der Waals surface area contributed by atoms with Crippen molar-refractivity contribution >= 4 is 29.0 Å². The second-order valence-corrected chi connectivity index (χ2v) is 7.28. The molecule has 0 fully saturated rings. The van der Waals surface area contributed by atoms with Crippen LogP contribution in [0.3, 0.4) is 0 Å². The SMILES string of the molecule is COc1ccc(C(=O)CCCC(=O)Nc2cccc(OCC(=O)Nc3ccccc3)c2)cc1. The maximum atomic E-state index is 12.3. The molecule has 0 aliphatic rings. The third-order valence-electron chi connectivity index (χ3n) is 4.76. The van der Waals surface area contributed by atoms with Crippen LogP contribution in [0.15, 0.2) is 78.9 Å². The molecule has 0 bridgehead atoms. The second kappa shape index (κ2) is 12.0. The van der Waals surface area contributed by atoms with E-state index in [0.717, 1.165) is 0 Å². The normalized spacial score (nSPS) is 10.2. The topological polar surface area (TPSA) is 93.7 Å². The molecular formula is C26H26N2O5. The maximum absolute atomic E-state index is 12.3. The Bertz CT molecular complexity index is 1080. The molecule has 2 N–H and O–H groups in total. The van der Waals surface area contributed by atoms with Gasteiger partial charge in [0.05, 0.1) is 7.11 Å². The Morgan fingerprint density at radius 1 is 0.727 bits per heavy atom. The molecule has 0 unspecified atom stereocenters. The van der Waals surface area contributed by atoms with Crippen LogP contribution >= 0.6 is 0 Å². The number of methoxy groups -OCH3 is 1. The molecule has 3 aromatic carbocycles. The molecular weight excluding hydrogens is 420 g/mol. The molecule has 0 atom stereocenters. The van der Waals surface area contributed by atoms with Crippen molar-refractivity contribution < 1.29 is 23.9 Å². The highest BCUT2D eigenvalue weighted by Gasteiger charge is 2.09. The van der Waals surface area contributed by atoms with E-state index in [1.165, 1.54) is 0 Å². The lowest BCUT2D eigenvalue weighted by molar-refractivity contribution is -0.118. The van der Waals surface area contributed by atoms with Crippen molar-refractivity contribution in [1.29, 1.82) is 0 Å². The van der Waals surface area contributed by atoms with Gasteiger partial charge in [-0.25, -0.2) is 0 Å². The van der Waals surface area contributed by atoms with Gasteiger partial charge >= 0.3 is 0 Å². The highest BCUT2D eigenvalue weighted by Crippen LogP contribution is 2.18. The number of para-hydroxylation sites is 1. The van der Waals surface area contributed by atoms with E-state index in [-0.39, 0.29) is 37.0 Å². The first kappa shape index (κ1) is 23.5. The number of carbonyl (C=O) groups excluding carboxylic acids is 3. The van der Waals surface area contributed by atoms with Gasteiger partial charge in [-0.15, -0.1) is 0 Å². The number of ketones is 1. The van der Waals surface area contributed by atoms with E-state index in [2.05, 4.69) is 10.6 Å². The first-order valence-corrected chi connectivity index (χ1v) is 10.6. The van der Waals surface area contributed by atoms with Gasteiger partial charge in [-0.2, -0.15) is 0 Å². The fraction of sp³-hybridized carbons (Fsp3) is 0.192. The second-order valence-electron chi connectivity index (χ2n) is 7.28. The molecule has 0 saturated carbocycles. The number of carbonyl (C=O) groups is 3. The Morgan fingerprint density at radius 3 is 2.15 bits per heavy atom. The Morgan fingerprint density at radius 2 is 1.42 bits per heavy atom. The van der Waals surface area contributed by atoms with Gasteiger partial charge in [-0.05, 0) is 55.0 Å². The van der Waals surface area contributed by atoms with Crippen LogP contribution in [0.1, 0.15) is 29.6 Å². The zero-order chi connectivity index (χ0) is 23.5. The molecule has 3 rings (SSSR count). The lowest BCUT2D eigenvalue weighted by Gasteiger charge is -2.10. The van der Waals surface area contributed by atoms with Crippen LogP contribution in [0, 0.1) is 0 Å². The summed E-state index contributed by atoms with van der Waals surface area (Å²) in [7, 11) is 1.57. The van der Waals surface area contributed by atoms with Crippen LogP contribution in [0.25, 0.3) is 0 Å². The molecule has 33 heavy (non-hydrogen) atoms. The summed E-state index contributed by atoms with van der Waals surface area (Å²) in [5.74, 6) is 0.656. The summed E-state index contributed by atoms with van der Waals surface area (Å²) in [5.41, 5.74) is 1.84. The van der Waals surface area contributed by atoms with Crippen LogP contribution < -0.4 is 20.1 Å². The largest absolute Gasteiger partial charge is 0.497 e. The molecule has 7 heteroatoms. The third kappa shape index (κ3) is 7.81. The average molecular weight is 447 g/mol. The molecule has 0 aromatic heterocycles. The van der Waals surface area contributed by atoms with Gasteiger partial charge in [0, 0.05) is 35.8 Å². The molecule has 0 saturated heterocycles. The maximum Gasteiger partial charge on any atom is 0.262 e. The molecule has 0 heterocycles.